The zero-order valence-corrected chi connectivity index (χ0v) is 13.3. The van der Waals surface area contributed by atoms with Crippen molar-refractivity contribution >= 4 is 39.3 Å². The van der Waals surface area contributed by atoms with Gasteiger partial charge in [-0.25, -0.2) is 0 Å². The van der Waals surface area contributed by atoms with Crippen LogP contribution < -0.4 is 5.32 Å². The molecule has 0 spiro atoms. The van der Waals surface area contributed by atoms with Crippen LogP contribution in [0.2, 0.25) is 0 Å². The van der Waals surface area contributed by atoms with Crippen molar-refractivity contribution in [3.8, 4) is 0 Å². The Morgan fingerprint density at radius 3 is 2.55 bits per heavy atom. The largest absolute Gasteiger partial charge is 0.392 e. The number of hydrogen-bond donors (Lipinski definition) is 2. The van der Waals surface area contributed by atoms with Gasteiger partial charge in [0, 0.05) is 26.9 Å². The van der Waals surface area contributed by atoms with Crippen LogP contribution >= 0.6 is 27.7 Å². The summed E-state index contributed by atoms with van der Waals surface area (Å²) in [6, 6.07) is 13.4. The SMILES string of the molecule is CC(=O)Nc1ccc(Sc2cc(Br)ccc2CO)cc1. The first-order valence-corrected chi connectivity index (χ1v) is 7.64. The maximum Gasteiger partial charge on any atom is 0.221 e. The molecule has 0 saturated carbocycles. The average Bonchev–Trinajstić information content (AvgIpc) is 2.41. The van der Waals surface area contributed by atoms with Crippen molar-refractivity contribution in [2.75, 3.05) is 5.32 Å². The fourth-order valence-corrected chi connectivity index (χ4v) is 3.18. The van der Waals surface area contributed by atoms with E-state index in [2.05, 4.69) is 21.2 Å². The van der Waals surface area contributed by atoms with Gasteiger partial charge in [0.15, 0.2) is 0 Å². The lowest BCUT2D eigenvalue weighted by molar-refractivity contribution is -0.114. The number of rotatable bonds is 4. The lowest BCUT2D eigenvalue weighted by Gasteiger charge is -2.08. The minimum atomic E-state index is -0.0834. The van der Waals surface area contributed by atoms with Gasteiger partial charge in [-0.1, -0.05) is 33.8 Å². The van der Waals surface area contributed by atoms with Crippen LogP contribution in [0, 0.1) is 0 Å². The summed E-state index contributed by atoms with van der Waals surface area (Å²) in [6.45, 7) is 1.50. The predicted octanol–water partition coefficient (Wildman–Crippen LogP) is 4.05. The molecule has 0 aliphatic carbocycles. The summed E-state index contributed by atoms with van der Waals surface area (Å²) in [5, 5.41) is 12.1. The minimum Gasteiger partial charge on any atom is -0.392 e. The fraction of sp³-hybridized carbons (Fsp3) is 0.133. The second-order valence-electron chi connectivity index (χ2n) is 4.22. The van der Waals surface area contributed by atoms with E-state index in [1.165, 1.54) is 6.92 Å². The Hall–Kier alpha value is -1.30. The maximum atomic E-state index is 11.0. The van der Waals surface area contributed by atoms with Gasteiger partial charge in [-0.05, 0) is 42.0 Å². The van der Waals surface area contributed by atoms with E-state index < -0.39 is 0 Å². The number of carbonyl (C=O) groups excluding carboxylic acids is 1. The first-order valence-electron chi connectivity index (χ1n) is 6.03. The molecule has 0 bridgehead atoms. The van der Waals surface area contributed by atoms with E-state index in [9.17, 15) is 9.90 Å². The Morgan fingerprint density at radius 2 is 1.95 bits per heavy atom. The van der Waals surface area contributed by atoms with Crippen molar-refractivity contribution in [3.05, 3.63) is 52.5 Å². The van der Waals surface area contributed by atoms with Crippen molar-refractivity contribution < 1.29 is 9.90 Å². The standard InChI is InChI=1S/C15H14BrNO2S/c1-10(19)17-13-4-6-14(7-5-13)20-15-8-12(16)3-2-11(15)9-18/h2-8,18H,9H2,1H3,(H,17,19). The number of hydrogen-bond acceptors (Lipinski definition) is 3. The average molecular weight is 352 g/mol. The van der Waals surface area contributed by atoms with Crippen molar-refractivity contribution in [2.24, 2.45) is 0 Å². The Morgan fingerprint density at radius 1 is 1.25 bits per heavy atom. The zero-order valence-electron chi connectivity index (χ0n) is 10.9. The summed E-state index contributed by atoms with van der Waals surface area (Å²) in [5.74, 6) is -0.0834. The number of nitrogens with one attached hydrogen (secondary N) is 1. The van der Waals surface area contributed by atoms with Crippen molar-refractivity contribution in [1.29, 1.82) is 0 Å². The molecule has 0 heterocycles. The van der Waals surface area contributed by atoms with E-state index in [1.54, 1.807) is 11.8 Å². The molecule has 0 atom stereocenters. The molecule has 2 rings (SSSR count). The first-order chi connectivity index (χ1) is 9.58. The number of halogens is 1. The van der Waals surface area contributed by atoms with Crippen molar-refractivity contribution in [1.82, 2.24) is 0 Å². The molecular weight excluding hydrogens is 338 g/mol. The van der Waals surface area contributed by atoms with Crippen molar-refractivity contribution in [3.63, 3.8) is 0 Å². The highest BCUT2D eigenvalue weighted by molar-refractivity contribution is 9.10. The molecule has 2 N–H and O–H groups in total. The van der Waals surface area contributed by atoms with Gasteiger partial charge in [-0.2, -0.15) is 0 Å². The van der Waals surface area contributed by atoms with Gasteiger partial charge in [0.1, 0.15) is 0 Å². The molecule has 3 nitrogen and oxygen atoms in total. The predicted molar refractivity (Wildman–Crippen MR) is 84.9 cm³/mol. The quantitative estimate of drug-likeness (QED) is 0.873. The summed E-state index contributed by atoms with van der Waals surface area (Å²) in [4.78, 5) is 13.0. The fourth-order valence-electron chi connectivity index (χ4n) is 1.69. The van der Waals surface area contributed by atoms with Crippen LogP contribution in [0.4, 0.5) is 5.69 Å². The Balaban J connectivity index is 2.17. The van der Waals surface area contributed by atoms with Gasteiger partial charge in [0.05, 0.1) is 6.61 Å². The van der Waals surface area contributed by atoms with Crippen LogP contribution in [0.1, 0.15) is 12.5 Å². The number of aliphatic hydroxyl groups excluding tert-OH is 1. The minimum absolute atomic E-state index is 0.0135. The van der Waals surface area contributed by atoms with Gasteiger partial charge < -0.3 is 10.4 Å². The third-order valence-corrected chi connectivity index (χ3v) is 4.20. The summed E-state index contributed by atoms with van der Waals surface area (Å²) in [5.41, 5.74) is 1.67. The molecule has 0 radical (unpaired) electrons. The van der Waals surface area contributed by atoms with E-state index in [1.807, 2.05) is 42.5 Å². The van der Waals surface area contributed by atoms with E-state index in [0.29, 0.717) is 0 Å². The lowest BCUT2D eigenvalue weighted by atomic mass is 10.2. The van der Waals surface area contributed by atoms with E-state index in [0.717, 1.165) is 25.5 Å². The highest BCUT2D eigenvalue weighted by Crippen LogP contribution is 2.33. The van der Waals surface area contributed by atoms with Crippen LogP contribution in [-0.2, 0) is 11.4 Å². The number of anilines is 1. The molecule has 1 amide bonds. The normalized spacial score (nSPS) is 10.3. The third-order valence-electron chi connectivity index (χ3n) is 2.60. The molecule has 0 aliphatic heterocycles. The molecular formula is C15H14BrNO2S. The summed E-state index contributed by atoms with van der Waals surface area (Å²) >= 11 is 5.01. The third kappa shape index (κ3) is 4.10. The molecule has 5 heteroatoms. The van der Waals surface area contributed by atoms with Crippen LogP contribution in [0.3, 0.4) is 0 Å². The van der Waals surface area contributed by atoms with Crippen LogP contribution in [0.25, 0.3) is 0 Å². The smallest absolute Gasteiger partial charge is 0.221 e. The summed E-state index contributed by atoms with van der Waals surface area (Å²) < 4.78 is 0.979. The topological polar surface area (TPSA) is 49.3 Å². The Labute approximate surface area is 130 Å². The number of aliphatic hydroxyl groups is 1. The summed E-state index contributed by atoms with van der Waals surface area (Å²) in [7, 11) is 0. The highest BCUT2D eigenvalue weighted by Gasteiger charge is 2.05. The number of amides is 1. The molecule has 104 valence electrons. The van der Waals surface area contributed by atoms with E-state index >= 15 is 0 Å². The van der Waals surface area contributed by atoms with Gasteiger partial charge in [-0.3, -0.25) is 4.79 Å². The van der Waals surface area contributed by atoms with Crippen LogP contribution in [0.5, 0.6) is 0 Å². The van der Waals surface area contributed by atoms with Gasteiger partial charge in [-0.15, -0.1) is 0 Å². The Bertz CT molecular complexity index is 614. The second-order valence-corrected chi connectivity index (χ2v) is 6.25. The Kier molecular flexibility index (Phi) is 5.23. The van der Waals surface area contributed by atoms with E-state index in [-0.39, 0.29) is 12.5 Å². The monoisotopic (exact) mass is 351 g/mol. The highest BCUT2D eigenvalue weighted by atomic mass is 79.9. The maximum absolute atomic E-state index is 11.0. The van der Waals surface area contributed by atoms with Crippen molar-refractivity contribution in [2.45, 2.75) is 23.3 Å². The molecule has 0 aliphatic rings. The summed E-state index contributed by atoms with van der Waals surface area (Å²) in [6.07, 6.45) is 0. The number of carbonyl (C=O) groups is 1. The molecule has 0 unspecified atom stereocenters. The van der Waals surface area contributed by atoms with Gasteiger partial charge >= 0.3 is 0 Å². The van der Waals surface area contributed by atoms with Crippen LogP contribution in [0.15, 0.2) is 56.7 Å². The second kappa shape index (κ2) is 6.92. The first kappa shape index (κ1) is 15.1. The molecule has 0 fully saturated rings. The van der Waals surface area contributed by atoms with Crippen LogP contribution in [-0.4, -0.2) is 11.0 Å². The lowest BCUT2D eigenvalue weighted by Crippen LogP contribution is -2.05. The zero-order chi connectivity index (χ0) is 14.5. The number of benzene rings is 2. The molecule has 0 aromatic heterocycles. The molecule has 20 heavy (non-hydrogen) atoms. The van der Waals surface area contributed by atoms with Gasteiger partial charge in [0.25, 0.3) is 0 Å². The van der Waals surface area contributed by atoms with E-state index in [4.69, 9.17) is 0 Å². The molecule has 0 saturated heterocycles. The van der Waals surface area contributed by atoms with Gasteiger partial charge in [0.2, 0.25) is 5.91 Å². The molecule has 2 aromatic carbocycles. The molecule has 2 aromatic rings.